The number of amides is 2. The third-order valence-electron chi connectivity index (χ3n) is 9.94. The summed E-state index contributed by atoms with van der Waals surface area (Å²) in [6, 6.07) is 22.0. The SMILES string of the molecule is CNC(=O)C1=C(c2ccc(C)cc2)C(=O)C(C(N)=O)(c2ccc(-c3cc(-c4ccc(OC)c(OC)c4)cnc3N)cc2)CN1CC1CCOCC1. The number of likely N-dealkylation sites (N-methyl/N-ethyl adjacent to an activating group) is 1. The standard InChI is InChI=1S/C40H43N5O6/c1-24-5-7-27(8-6-24)34-35(38(47)43-2)45(22-25-15-17-51-18-16-25)23-40(36(34)46,39(42)48)30-12-9-26(10-13-30)31-19-29(21-44-37(31)41)28-11-14-32(49-3)33(20-28)50-4/h5-14,19-21,25H,15-18,22-23H2,1-4H3,(H2,41,44)(H2,42,48)(H,43,47). The fraction of sp³-hybridized carbons (Fsp3) is 0.300. The van der Waals surface area contributed by atoms with Crippen molar-refractivity contribution >= 4 is 29.0 Å². The van der Waals surface area contributed by atoms with E-state index in [-0.39, 0.29) is 23.7 Å². The number of carbonyl (C=O) groups is 3. The van der Waals surface area contributed by atoms with Crippen molar-refractivity contribution in [3.05, 3.63) is 101 Å². The normalized spacial score (nSPS) is 18.0. The highest BCUT2D eigenvalue weighted by Gasteiger charge is 2.54. The van der Waals surface area contributed by atoms with E-state index in [1.807, 2.05) is 60.4 Å². The molecule has 4 aromatic rings. The van der Waals surface area contributed by atoms with Crippen molar-refractivity contribution in [2.24, 2.45) is 11.7 Å². The maximum Gasteiger partial charge on any atom is 0.268 e. The number of nitrogen functional groups attached to an aromatic ring is 1. The quantitative estimate of drug-likeness (QED) is 0.204. The highest BCUT2D eigenvalue weighted by Crippen LogP contribution is 2.42. The smallest absolute Gasteiger partial charge is 0.268 e. The number of allylic oxidation sites excluding steroid dienone is 1. The van der Waals surface area contributed by atoms with Gasteiger partial charge in [0, 0.05) is 50.7 Å². The third kappa shape index (κ3) is 6.64. The summed E-state index contributed by atoms with van der Waals surface area (Å²) in [5.74, 6) is -0.0392. The summed E-state index contributed by atoms with van der Waals surface area (Å²) in [7, 11) is 4.70. The van der Waals surface area contributed by atoms with Gasteiger partial charge in [-0.15, -0.1) is 0 Å². The number of nitrogens with zero attached hydrogens (tertiary/aromatic N) is 2. The van der Waals surface area contributed by atoms with Crippen LogP contribution in [-0.2, 0) is 24.5 Å². The van der Waals surface area contributed by atoms with Crippen LogP contribution in [0.4, 0.5) is 5.82 Å². The van der Waals surface area contributed by atoms with Crippen molar-refractivity contribution in [3.8, 4) is 33.8 Å². The molecule has 6 rings (SSSR count). The number of primary amides is 1. The summed E-state index contributed by atoms with van der Waals surface area (Å²) in [6.07, 6.45) is 3.27. The van der Waals surface area contributed by atoms with Gasteiger partial charge in [-0.25, -0.2) is 4.98 Å². The van der Waals surface area contributed by atoms with E-state index in [0.717, 1.165) is 35.1 Å². The van der Waals surface area contributed by atoms with E-state index >= 15 is 0 Å². The molecule has 0 saturated carbocycles. The molecular weight excluding hydrogens is 646 g/mol. The molecule has 2 amide bonds. The van der Waals surface area contributed by atoms with Gasteiger partial charge in [-0.05, 0) is 66.1 Å². The van der Waals surface area contributed by atoms with Crippen LogP contribution in [0.5, 0.6) is 11.5 Å². The van der Waals surface area contributed by atoms with Gasteiger partial charge in [0.1, 0.15) is 11.5 Å². The lowest BCUT2D eigenvalue weighted by atomic mass is 9.69. The van der Waals surface area contributed by atoms with Crippen LogP contribution in [0.2, 0.25) is 0 Å². The van der Waals surface area contributed by atoms with Gasteiger partial charge in [0.25, 0.3) is 5.91 Å². The number of aromatic nitrogens is 1. The van der Waals surface area contributed by atoms with Crippen molar-refractivity contribution < 1.29 is 28.6 Å². The molecule has 2 aliphatic rings. The molecule has 0 bridgehead atoms. The first-order chi connectivity index (χ1) is 24.6. The van der Waals surface area contributed by atoms with E-state index in [1.54, 1.807) is 44.7 Å². The van der Waals surface area contributed by atoms with Crippen LogP contribution in [0.1, 0.15) is 29.5 Å². The van der Waals surface area contributed by atoms with E-state index in [4.69, 9.17) is 25.7 Å². The first-order valence-electron chi connectivity index (χ1n) is 16.9. The zero-order valence-corrected chi connectivity index (χ0v) is 29.3. The molecule has 11 nitrogen and oxygen atoms in total. The number of Topliss-reactive ketones (excluding diaryl/α,β-unsaturated/α-hetero) is 1. The van der Waals surface area contributed by atoms with E-state index in [9.17, 15) is 14.4 Å². The summed E-state index contributed by atoms with van der Waals surface area (Å²) in [5, 5.41) is 2.73. The lowest BCUT2D eigenvalue weighted by Crippen LogP contribution is -2.60. The summed E-state index contributed by atoms with van der Waals surface area (Å²) < 4.78 is 16.5. The summed E-state index contributed by atoms with van der Waals surface area (Å²) in [5.41, 5.74) is 16.3. The predicted molar refractivity (Wildman–Crippen MR) is 196 cm³/mol. The molecule has 264 valence electrons. The second-order valence-corrected chi connectivity index (χ2v) is 13.0. The van der Waals surface area contributed by atoms with Crippen LogP contribution >= 0.6 is 0 Å². The maximum absolute atomic E-state index is 14.9. The van der Waals surface area contributed by atoms with Crippen molar-refractivity contribution in [2.45, 2.75) is 25.2 Å². The Morgan fingerprint density at radius 3 is 2.20 bits per heavy atom. The number of carbonyl (C=O) groups excluding carboxylic acids is 3. The van der Waals surface area contributed by atoms with Crippen LogP contribution in [0.3, 0.4) is 0 Å². The Labute approximate surface area is 297 Å². The Bertz CT molecular complexity index is 1990. The monoisotopic (exact) mass is 689 g/mol. The summed E-state index contributed by atoms with van der Waals surface area (Å²) in [4.78, 5) is 48.7. The fourth-order valence-electron chi connectivity index (χ4n) is 7.05. The Hall–Kier alpha value is -5.68. The van der Waals surface area contributed by atoms with Gasteiger partial charge in [0.05, 0.1) is 19.8 Å². The number of pyridine rings is 1. The van der Waals surface area contributed by atoms with Crippen LogP contribution in [0.25, 0.3) is 27.8 Å². The van der Waals surface area contributed by atoms with Gasteiger partial charge in [0.2, 0.25) is 5.91 Å². The van der Waals surface area contributed by atoms with E-state index in [0.29, 0.717) is 53.8 Å². The molecule has 1 aromatic heterocycles. The molecule has 3 heterocycles. The number of aryl methyl sites for hydroxylation is 1. The fourth-order valence-corrected chi connectivity index (χ4v) is 7.05. The van der Waals surface area contributed by atoms with Crippen LogP contribution in [0, 0.1) is 12.8 Å². The lowest BCUT2D eigenvalue weighted by molar-refractivity contribution is -0.134. The molecule has 3 aromatic carbocycles. The van der Waals surface area contributed by atoms with Gasteiger partial charge < -0.3 is 35.9 Å². The summed E-state index contributed by atoms with van der Waals surface area (Å²) >= 11 is 0. The van der Waals surface area contributed by atoms with Gasteiger partial charge in [-0.3, -0.25) is 14.4 Å². The number of benzene rings is 3. The molecular formula is C40H43N5O6. The molecule has 1 atom stereocenters. The molecule has 51 heavy (non-hydrogen) atoms. The molecule has 2 aliphatic heterocycles. The zero-order chi connectivity index (χ0) is 36.3. The number of nitrogens with two attached hydrogens (primary N) is 2. The van der Waals surface area contributed by atoms with Gasteiger partial charge >= 0.3 is 0 Å². The van der Waals surface area contributed by atoms with Crippen LogP contribution in [-0.4, -0.2) is 75.1 Å². The molecule has 0 spiro atoms. The molecule has 0 radical (unpaired) electrons. The highest BCUT2D eigenvalue weighted by molar-refractivity contribution is 6.36. The first-order valence-corrected chi connectivity index (χ1v) is 16.9. The molecule has 0 aliphatic carbocycles. The highest BCUT2D eigenvalue weighted by atomic mass is 16.5. The van der Waals surface area contributed by atoms with Crippen molar-refractivity contribution in [1.29, 1.82) is 0 Å². The third-order valence-corrected chi connectivity index (χ3v) is 9.94. The molecule has 5 N–H and O–H groups in total. The van der Waals surface area contributed by atoms with Crippen molar-refractivity contribution in [2.75, 3.05) is 53.3 Å². The molecule has 1 saturated heterocycles. The molecule has 11 heteroatoms. The van der Waals surface area contributed by atoms with Gasteiger partial charge in [0.15, 0.2) is 22.7 Å². The van der Waals surface area contributed by atoms with Gasteiger partial charge in [-0.2, -0.15) is 0 Å². The summed E-state index contributed by atoms with van der Waals surface area (Å²) in [6.45, 7) is 3.52. The number of hydrogen-bond acceptors (Lipinski definition) is 9. The van der Waals surface area contributed by atoms with E-state index < -0.39 is 23.0 Å². The van der Waals surface area contributed by atoms with E-state index in [1.165, 1.54) is 7.05 Å². The average molecular weight is 690 g/mol. The molecule has 1 fully saturated rings. The minimum atomic E-state index is -1.78. The first kappa shape index (κ1) is 35.2. The van der Waals surface area contributed by atoms with Crippen LogP contribution in [0.15, 0.2) is 84.7 Å². The largest absolute Gasteiger partial charge is 0.493 e. The number of nitrogens with one attached hydrogen (secondary N) is 1. The van der Waals surface area contributed by atoms with Crippen molar-refractivity contribution in [1.82, 2.24) is 15.2 Å². The number of ether oxygens (including phenoxy) is 3. The maximum atomic E-state index is 14.9. The minimum absolute atomic E-state index is 0.0888. The number of methoxy groups -OCH3 is 2. The van der Waals surface area contributed by atoms with Crippen LogP contribution < -0.4 is 26.3 Å². The Kier molecular flexibility index (Phi) is 10.1. The Morgan fingerprint density at radius 1 is 0.922 bits per heavy atom. The number of anilines is 1. The zero-order valence-electron chi connectivity index (χ0n) is 29.3. The second kappa shape index (κ2) is 14.7. The van der Waals surface area contributed by atoms with Gasteiger partial charge in [-0.1, -0.05) is 60.2 Å². The number of ketones is 1. The topological polar surface area (TPSA) is 159 Å². The Morgan fingerprint density at radius 2 is 1.57 bits per heavy atom. The molecule has 1 unspecified atom stereocenters. The Balaban J connectivity index is 1.45. The predicted octanol–water partition coefficient (Wildman–Crippen LogP) is 4.52. The minimum Gasteiger partial charge on any atom is -0.493 e. The second-order valence-electron chi connectivity index (χ2n) is 13.0. The number of hydrogen-bond donors (Lipinski definition) is 3. The van der Waals surface area contributed by atoms with Crippen molar-refractivity contribution in [3.63, 3.8) is 0 Å². The number of rotatable bonds is 10. The lowest BCUT2D eigenvalue weighted by Gasteiger charge is -2.44. The van der Waals surface area contributed by atoms with E-state index in [2.05, 4.69) is 10.3 Å². The average Bonchev–Trinajstić information content (AvgIpc) is 3.15.